The van der Waals surface area contributed by atoms with Crippen molar-refractivity contribution in [1.82, 2.24) is 15.0 Å². The molecule has 1 N–H and O–H groups in total. The molecule has 0 bridgehead atoms. The van der Waals surface area contributed by atoms with Gasteiger partial charge in [0.2, 0.25) is 0 Å². The van der Waals surface area contributed by atoms with Gasteiger partial charge >= 0.3 is 0 Å². The van der Waals surface area contributed by atoms with Crippen LogP contribution in [0.2, 0.25) is 0 Å². The van der Waals surface area contributed by atoms with Crippen molar-refractivity contribution in [3.63, 3.8) is 0 Å². The quantitative estimate of drug-likeness (QED) is 0.498. The van der Waals surface area contributed by atoms with E-state index in [1.54, 1.807) is 17.7 Å². The highest BCUT2D eigenvalue weighted by molar-refractivity contribution is 7.25. The average Bonchev–Trinajstić information content (AvgIpc) is 2.83. The fourth-order valence-electron chi connectivity index (χ4n) is 2.13. The standard InChI is InChI=1S/C12H7N3S/c1-2-4-9-7(3-1)10-8-5-13-6-14-11(8)16-12(10)15-9/h1-6,15H. The van der Waals surface area contributed by atoms with Gasteiger partial charge in [-0.3, -0.25) is 0 Å². The Labute approximate surface area is 94.8 Å². The summed E-state index contributed by atoms with van der Waals surface area (Å²) in [5.74, 6) is 0. The number of para-hydroxylation sites is 1. The lowest BCUT2D eigenvalue weighted by Gasteiger charge is -1.89. The van der Waals surface area contributed by atoms with Crippen LogP contribution < -0.4 is 0 Å². The van der Waals surface area contributed by atoms with E-state index in [0.29, 0.717) is 0 Å². The van der Waals surface area contributed by atoms with E-state index >= 15 is 0 Å². The second kappa shape index (κ2) is 2.80. The van der Waals surface area contributed by atoms with Crippen molar-refractivity contribution in [2.75, 3.05) is 0 Å². The van der Waals surface area contributed by atoms with E-state index in [2.05, 4.69) is 33.2 Å². The average molecular weight is 225 g/mol. The minimum atomic E-state index is 1.04. The summed E-state index contributed by atoms with van der Waals surface area (Å²) in [7, 11) is 0. The number of hydrogen-bond donors (Lipinski definition) is 1. The Morgan fingerprint density at radius 1 is 1.12 bits per heavy atom. The summed E-state index contributed by atoms with van der Waals surface area (Å²) in [6.45, 7) is 0. The van der Waals surface area contributed by atoms with Gasteiger partial charge in [-0.2, -0.15) is 0 Å². The molecule has 3 heterocycles. The summed E-state index contributed by atoms with van der Waals surface area (Å²) in [6.07, 6.45) is 3.49. The molecule has 0 spiro atoms. The normalized spacial score (nSPS) is 11.8. The number of aromatic amines is 1. The zero-order valence-corrected chi connectivity index (χ0v) is 9.08. The first-order chi connectivity index (χ1) is 7.93. The topological polar surface area (TPSA) is 41.6 Å². The lowest BCUT2D eigenvalue weighted by atomic mass is 10.2. The first-order valence-corrected chi connectivity index (χ1v) is 5.84. The Hall–Kier alpha value is -1.94. The third kappa shape index (κ3) is 0.919. The molecule has 4 heteroatoms. The SMILES string of the molecule is c1ccc2c(c1)[nH]c1sc3ncncc3c12. The Morgan fingerprint density at radius 3 is 3.06 bits per heavy atom. The summed E-state index contributed by atoms with van der Waals surface area (Å²) in [5.41, 5.74) is 1.18. The van der Waals surface area contributed by atoms with Crippen LogP contribution in [-0.2, 0) is 0 Å². The van der Waals surface area contributed by atoms with Crippen LogP contribution in [0.25, 0.3) is 31.3 Å². The van der Waals surface area contributed by atoms with E-state index in [9.17, 15) is 0 Å². The number of thiophene rings is 1. The molecule has 0 saturated heterocycles. The van der Waals surface area contributed by atoms with Crippen LogP contribution in [0.1, 0.15) is 0 Å². The number of aromatic nitrogens is 3. The van der Waals surface area contributed by atoms with E-state index < -0.39 is 0 Å². The summed E-state index contributed by atoms with van der Waals surface area (Å²) >= 11 is 1.68. The number of nitrogens with zero attached hydrogens (tertiary/aromatic N) is 2. The molecule has 16 heavy (non-hydrogen) atoms. The molecular weight excluding hydrogens is 218 g/mol. The van der Waals surface area contributed by atoms with E-state index in [1.807, 2.05) is 12.3 Å². The van der Waals surface area contributed by atoms with Crippen molar-refractivity contribution >= 4 is 42.7 Å². The van der Waals surface area contributed by atoms with Gasteiger partial charge in [0, 0.05) is 27.9 Å². The number of benzene rings is 1. The van der Waals surface area contributed by atoms with E-state index in [-0.39, 0.29) is 0 Å². The van der Waals surface area contributed by atoms with Crippen LogP contribution in [0.4, 0.5) is 0 Å². The monoisotopic (exact) mass is 225 g/mol. The molecule has 4 aromatic rings. The first-order valence-electron chi connectivity index (χ1n) is 5.02. The van der Waals surface area contributed by atoms with Gasteiger partial charge in [-0.05, 0) is 6.07 Å². The van der Waals surface area contributed by atoms with Gasteiger partial charge in [0.05, 0.1) is 0 Å². The maximum absolute atomic E-state index is 4.28. The minimum absolute atomic E-state index is 1.04. The van der Waals surface area contributed by atoms with Gasteiger partial charge in [0.25, 0.3) is 0 Å². The Morgan fingerprint density at radius 2 is 2.06 bits per heavy atom. The maximum atomic E-state index is 4.28. The predicted octanol–water partition coefficient (Wildman–Crippen LogP) is 3.33. The van der Waals surface area contributed by atoms with Gasteiger partial charge < -0.3 is 4.98 Å². The van der Waals surface area contributed by atoms with Gasteiger partial charge in [0.15, 0.2) is 0 Å². The number of H-pyrrole nitrogens is 1. The molecule has 4 rings (SSSR count). The Kier molecular flexibility index (Phi) is 1.44. The predicted molar refractivity (Wildman–Crippen MR) is 66.8 cm³/mol. The molecule has 0 aliphatic rings. The lowest BCUT2D eigenvalue weighted by Crippen LogP contribution is -1.74. The minimum Gasteiger partial charge on any atom is -0.346 e. The molecule has 0 atom stereocenters. The lowest BCUT2D eigenvalue weighted by molar-refractivity contribution is 1.24. The van der Waals surface area contributed by atoms with Crippen molar-refractivity contribution in [3.8, 4) is 0 Å². The number of fused-ring (bicyclic) bond motifs is 5. The Bertz CT molecular complexity index is 747. The van der Waals surface area contributed by atoms with Crippen molar-refractivity contribution in [1.29, 1.82) is 0 Å². The fraction of sp³-hybridized carbons (Fsp3) is 0. The smallest absolute Gasteiger partial charge is 0.129 e. The van der Waals surface area contributed by atoms with Gasteiger partial charge in [-0.1, -0.05) is 29.5 Å². The molecule has 76 valence electrons. The van der Waals surface area contributed by atoms with E-state index in [0.717, 1.165) is 10.2 Å². The molecule has 0 aliphatic heterocycles. The highest BCUT2D eigenvalue weighted by Crippen LogP contribution is 2.36. The van der Waals surface area contributed by atoms with E-state index in [1.165, 1.54) is 21.1 Å². The zero-order valence-electron chi connectivity index (χ0n) is 8.27. The number of rotatable bonds is 0. The molecule has 3 nitrogen and oxygen atoms in total. The summed E-state index contributed by atoms with van der Waals surface area (Å²) in [6, 6.07) is 8.33. The highest BCUT2D eigenvalue weighted by atomic mass is 32.1. The summed E-state index contributed by atoms with van der Waals surface area (Å²) in [4.78, 5) is 14.0. The molecule has 0 saturated carbocycles. The molecule has 0 unspecified atom stereocenters. The highest BCUT2D eigenvalue weighted by Gasteiger charge is 2.11. The summed E-state index contributed by atoms with van der Waals surface area (Å²) in [5, 5.41) is 3.63. The van der Waals surface area contributed by atoms with Gasteiger partial charge in [0.1, 0.15) is 16.0 Å². The summed E-state index contributed by atoms with van der Waals surface area (Å²) < 4.78 is 0. The van der Waals surface area contributed by atoms with Crippen LogP contribution in [-0.4, -0.2) is 15.0 Å². The van der Waals surface area contributed by atoms with E-state index in [4.69, 9.17) is 0 Å². The first kappa shape index (κ1) is 8.24. The van der Waals surface area contributed by atoms with Crippen molar-refractivity contribution < 1.29 is 0 Å². The molecule has 0 radical (unpaired) electrons. The van der Waals surface area contributed by atoms with Crippen LogP contribution >= 0.6 is 11.3 Å². The molecule has 0 aliphatic carbocycles. The Balaban J connectivity index is 2.38. The molecule has 1 aromatic carbocycles. The van der Waals surface area contributed by atoms with Crippen LogP contribution in [0.3, 0.4) is 0 Å². The largest absolute Gasteiger partial charge is 0.346 e. The molecule has 0 fully saturated rings. The van der Waals surface area contributed by atoms with Gasteiger partial charge in [-0.25, -0.2) is 9.97 Å². The van der Waals surface area contributed by atoms with Crippen LogP contribution in [0, 0.1) is 0 Å². The number of hydrogen-bond acceptors (Lipinski definition) is 3. The number of nitrogens with one attached hydrogen (secondary N) is 1. The molecule has 0 amide bonds. The third-order valence-electron chi connectivity index (χ3n) is 2.82. The fourth-order valence-corrected chi connectivity index (χ4v) is 3.17. The third-order valence-corrected chi connectivity index (χ3v) is 3.84. The van der Waals surface area contributed by atoms with Crippen LogP contribution in [0.5, 0.6) is 0 Å². The second-order valence-electron chi connectivity index (χ2n) is 3.72. The van der Waals surface area contributed by atoms with Crippen molar-refractivity contribution in [2.45, 2.75) is 0 Å². The van der Waals surface area contributed by atoms with Crippen molar-refractivity contribution in [2.24, 2.45) is 0 Å². The van der Waals surface area contributed by atoms with Crippen LogP contribution in [0.15, 0.2) is 36.8 Å². The zero-order chi connectivity index (χ0) is 10.5. The molecular formula is C12H7N3S. The van der Waals surface area contributed by atoms with Gasteiger partial charge in [-0.15, -0.1) is 0 Å². The van der Waals surface area contributed by atoms with Crippen molar-refractivity contribution in [3.05, 3.63) is 36.8 Å². The maximum Gasteiger partial charge on any atom is 0.129 e. The molecule has 3 aromatic heterocycles. The second-order valence-corrected chi connectivity index (χ2v) is 4.72.